The normalized spacial score (nSPS) is 13.5. The number of fused-ring (bicyclic) bond motifs is 4. The number of para-hydroxylation sites is 2. The molecule has 31 heavy (non-hydrogen) atoms. The summed E-state index contributed by atoms with van der Waals surface area (Å²) in [6, 6.07) is 32.7. The predicted molar refractivity (Wildman–Crippen MR) is 126 cm³/mol. The molecule has 0 atom stereocenters. The van der Waals surface area contributed by atoms with Crippen LogP contribution in [0.3, 0.4) is 0 Å². The van der Waals surface area contributed by atoms with Crippen LogP contribution in [0.2, 0.25) is 0 Å². The maximum absolute atomic E-state index is 13.1. The van der Waals surface area contributed by atoms with Gasteiger partial charge in [0.15, 0.2) is 0 Å². The molecule has 0 saturated heterocycles. The van der Waals surface area contributed by atoms with Crippen LogP contribution in [0.4, 0.5) is 17.1 Å². The molecule has 0 aliphatic carbocycles. The fourth-order valence-corrected chi connectivity index (χ4v) is 4.55. The standard InChI is InChI=1S/C27H20N2O2/c30-27-23-17-28(20-11-2-1-3-12-20)18-29(26(23)22-14-6-7-16-25(22)31-27)24-15-8-10-19-9-4-5-13-21(19)24/h1-16H,17-18H2. The van der Waals surface area contributed by atoms with Gasteiger partial charge in [-0.15, -0.1) is 0 Å². The summed E-state index contributed by atoms with van der Waals surface area (Å²) in [5.41, 5.74) is 4.11. The van der Waals surface area contributed by atoms with Crippen molar-refractivity contribution in [1.82, 2.24) is 0 Å². The first-order chi connectivity index (χ1) is 15.3. The second-order valence-electron chi connectivity index (χ2n) is 7.81. The van der Waals surface area contributed by atoms with Crippen LogP contribution in [-0.4, -0.2) is 6.67 Å². The Balaban J connectivity index is 1.65. The van der Waals surface area contributed by atoms with E-state index >= 15 is 0 Å². The minimum atomic E-state index is -0.278. The van der Waals surface area contributed by atoms with Gasteiger partial charge < -0.3 is 14.2 Å². The maximum Gasteiger partial charge on any atom is 0.343 e. The van der Waals surface area contributed by atoms with E-state index in [1.54, 1.807) is 0 Å². The van der Waals surface area contributed by atoms with Crippen molar-refractivity contribution in [2.24, 2.45) is 0 Å². The van der Waals surface area contributed by atoms with Gasteiger partial charge in [-0.05, 0) is 35.7 Å². The number of rotatable bonds is 2. The van der Waals surface area contributed by atoms with Gasteiger partial charge in [-0.1, -0.05) is 66.7 Å². The van der Waals surface area contributed by atoms with Crippen LogP contribution in [0.1, 0.15) is 5.56 Å². The summed E-state index contributed by atoms with van der Waals surface area (Å²) in [5.74, 6) is 0. The molecule has 0 spiro atoms. The van der Waals surface area contributed by atoms with Gasteiger partial charge in [0.2, 0.25) is 0 Å². The molecule has 1 aromatic heterocycles. The van der Waals surface area contributed by atoms with Gasteiger partial charge in [0.25, 0.3) is 0 Å². The van der Waals surface area contributed by atoms with Crippen molar-refractivity contribution in [3.05, 3.63) is 113 Å². The van der Waals surface area contributed by atoms with Crippen molar-refractivity contribution in [2.75, 3.05) is 16.5 Å². The van der Waals surface area contributed by atoms with Gasteiger partial charge in [0.05, 0.1) is 30.2 Å². The lowest BCUT2D eigenvalue weighted by molar-refractivity contribution is 0.543. The molecule has 0 bridgehead atoms. The zero-order valence-corrected chi connectivity index (χ0v) is 16.9. The molecular formula is C27H20N2O2. The van der Waals surface area contributed by atoms with Gasteiger partial charge in [-0.3, -0.25) is 0 Å². The van der Waals surface area contributed by atoms with Crippen molar-refractivity contribution in [1.29, 1.82) is 0 Å². The molecule has 4 nitrogen and oxygen atoms in total. The summed E-state index contributed by atoms with van der Waals surface area (Å²) in [6.45, 7) is 1.15. The van der Waals surface area contributed by atoms with Crippen LogP contribution in [-0.2, 0) is 6.54 Å². The third-order valence-electron chi connectivity index (χ3n) is 5.99. The molecule has 0 radical (unpaired) electrons. The highest BCUT2D eigenvalue weighted by molar-refractivity contribution is 6.01. The molecule has 0 amide bonds. The number of anilines is 3. The van der Waals surface area contributed by atoms with E-state index in [-0.39, 0.29) is 5.63 Å². The molecule has 4 heteroatoms. The van der Waals surface area contributed by atoms with E-state index in [1.807, 2.05) is 42.5 Å². The van der Waals surface area contributed by atoms with Crippen molar-refractivity contribution in [2.45, 2.75) is 6.54 Å². The Morgan fingerprint density at radius 3 is 2.29 bits per heavy atom. The monoisotopic (exact) mass is 404 g/mol. The molecule has 6 rings (SSSR count). The largest absolute Gasteiger partial charge is 0.422 e. The molecule has 150 valence electrons. The Morgan fingerprint density at radius 1 is 0.710 bits per heavy atom. The number of benzene rings is 4. The lowest BCUT2D eigenvalue weighted by Crippen LogP contribution is -2.42. The van der Waals surface area contributed by atoms with Crippen LogP contribution in [0.25, 0.3) is 21.7 Å². The third kappa shape index (κ3) is 2.88. The minimum absolute atomic E-state index is 0.278. The highest BCUT2D eigenvalue weighted by Gasteiger charge is 2.30. The lowest BCUT2D eigenvalue weighted by atomic mass is 10.0. The molecule has 0 unspecified atom stereocenters. The average Bonchev–Trinajstić information content (AvgIpc) is 2.84. The fourth-order valence-electron chi connectivity index (χ4n) is 4.55. The van der Waals surface area contributed by atoms with Gasteiger partial charge in [0.1, 0.15) is 5.58 Å². The highest BCUT2D eigenvalue weighted by atomic mass is 16.4. The number of nitrogens with zero attached hydrogens (tertiary/aromatic N) is 2. The molecule has 0 fully saturated rings. The van der Waals surface area contributed by atoms with Crippen LogP contribution in [0, 0.1) is 0 Å². The smallest absolute Gasteiger partial charge is 0.343 e. The second-order valence-corrected chi connectivity index (χ2v) is 7.81. The first-order valence-corrected chi connectivity index (χ1v) is 10.4. The number of hydrogen-bond acceptors (Lipinski definition) is 4. The van der Waals surface area contributed by atoms with Crippen molar-refractivity contribution in [3.8, 4) is 0 Å². The molecular weight excluding hydrogens is 384 g/mol. The topological polar surface area (TPSA) is 36.7 Å². The zero-order chi connectivity index (χ0) is 20.8. The number of hydrogen-bond donors (Lipinski definition) is 0. The maximum atomic E-state index is 13.1. The average molecular weight is 404 g/mol. The molecule has 1 aliphatic rings. The van der Waals surface area contributed by atoms with E-state index in [0.29, 0.717) is 24.4 Å². The summed E-state index contributed by atoms with van der Waals surface area (Å²) in [5, 5.41) is 3.28. The van der Waals surface area contributed by atoms with Crippen LogP contribution in [0.5, 0.6) is 0 Å². The van der Waals surface area contributed by atoms with E-state index < -0.39 is 0 Å². The van der Waals surface area contributed by atoms with Gasteiger partial charge >= 0.3 is 5.63 Å². The highest BCUT2D eigenvalue weighted by Crippen LogP contribution is 2.41. The quantitative estimate of drug-likeness (QED) is 0.335. The summed E-state index contributed by atoms with van der Waals surface area (Å²) >= 11 is 0. The Hall–Kier alpha value is -4.05. The first kappa shape index (κ1) is 17.8. The summed E-state index contributed by atoms with van der Waals surface area (Å²) in [7, 11) is 0. The zero-order valence-electron chi connectivity index (χ0n) is 16.9. The second kappa shape index (κ2) is 7.03. The summed E-state index contributed by atoms with van der Waals surface area (Å²) < 4.78 is 5.71. The SMILES string of the molecule is O=c1oc2ccccc2c2c1CN(c1ccccc1)CN2c1cccc2ccccc12. The Morgan fingerprint density at radius 2 is 1.42 bits per heavy atom. The van der Waals surface area contributed by atoms with Crippen molar-refractivity contribution in [3.63, 3.8) is 0 Å². The molecule has 2 heterocycles. The van der Waals surface area contributed by atoms with Gasteiger partial charge in [0, 0.05) is 16.5 Å². The van der Waals surface area contributed by atoms with Crippen molar-refractivity contribution < 1.29 is 4.42 Å². The Bertz CT molecular complexity index is 1470. The fraction of sp³-hybridized carbons (Fsp3) is 0.0741. The van der Waals surface area contributed by atoms with Gasteiger partial charge in [-0.2, -0.15) is 0 Å². The molecule has 0 N–H and O–H groups in total. The Labute approximate surface area is 179 Å². The van der Waals surface area contributed by atoms with E-state index in [0.717, 1.165) is 27.8 Å². The van der Waals surface area contributed by atoms with Gasteiger partial charge in [-0.25, -0.2) is 4.79 Å². The third-order valence-corrected chi connectivity index (χ3v) is 5.99. The predicted octanol–water partition coefficient (Wildman–Crippen LogP) is 6.06. The lowest BCUT2D eigenvalue weighted by Gasteiger charge is -2.40. The minimum Gasteiger partial charge on any atom is -0.422 e. The van der Waals surface area contributed by atoms with E-state index in [2.05, 4.69) is 64.4 Å². The van der Waals surface area contributed by atoms with E-state index in [9.17, 15) is 4.79 Å². The molecule has 5 aromatic rings. The van der Waals surface area contributed by atoms with Crippen LogP contribution < -0.4 is 15.4 Å². The summed E-state index contributed by atoms with van der Waals surface area (Å²) in [4.78, 5) is 17.6. The summed E-state index contributed by atoms with van der Waals surface area (Å²) in [6.07, 6.45) is 0. The molecule has 0 saturated carbocycles. The molecule has 4 aromatic carbocycles. The molecule has 1 aliphatic heterocycles. The first-order valence-electron chi connectivity index (χ1n) is 10.4. The van der Waals surface area contributed by atoms with E-state index in [1.165, 1.54) is 5.39 Å². The Kier molecular flexibility index (Phi) is 4.03. The van der Waals surface area contributed by atoms with E-state index in [4.69, 9.17) is 4.42 Å². The van der Waals surface area contributed by atoms with Crippen LogP contribution in [0.15, 0.2) is 106 Å². The van der Waals surface area contributed by atoms with Crippen LogP contribution >= 0.6 is 0 Å². The van der Waals surface area contributed by atoms with Crippen molar-refractivity contribution >= 4 is 38.8 Å².